The van der Waals surface area contributed by atoms with Crippen LogP contribution in [0.1, 0.15) is 44.9 Å². The quantitative estimate of drug-likeness (QED) is 0.744. The summed E-state index contributed by atoms with van der Waals surface area (Å²) < 4.78 is 37.6. The summed E-state index contributed by atoms with van der Waals surface area (Å²) in [6.45, 7) is 1.14. The second-order valence-corrected chi connectivity index (χ2v) is 7.80. The summed E-state index contributed by atoms with van der Waals surface area (Å²) in [6.07, 6.45) is 5.93. The van der Waals surface area contributed by atoms with Gasteiger partial charge in [0.15, 0.2) is 0 Å². The first-order valence-corrected chi connectivity index (χ1v) is 9.27. The van der Waals surface area contributed by atoms with Gasteiger partial charge in [0.05, 0.1) is 24.4 Å². The lowest BCUT2D eigenvalue weighted by Crippen LogP contribution is -2.40. The normalized spacial score (nSPS) is 30.2. The van der Waals surface area contributed by atoms with E-state index in [2.05, 4.69) is 4.72 Å². The first-order valence-electron chi connectivity index (χ1n) is 7.72. The van der Waals surface area contributed by atoms with Crippen LogP contribution in [0.25, 0.3) is 0 Å². The highest BCUT2D eigenvalue weighted by molar-refractivity contribution is 7.90. The van der Waals surface area contributed by atoms with Gasteiger partial charge in [0.2, 0.25) is 10.0 Å². The molecule has 0 bridgehead atoms. The molecule has 0 aromatic heterocycles. The Morgan fingerprint density at radius 2 is 2.05 bits per heavy atom. The molecular formula is C14H25NO5S. The van der Waals surface area contributed by atoms with Crippen molar-refractivity contribution in [3.05, 3.63) is 0 Å². The van der Waals surface area contributed by atoms with E-state index in [1.807, 2.05) is 0 Å². The van der Waals surface area contributed by atoms with Crippen LogP contribution in [0, 0.1) is 5.92 Å². The number of esters is 1. The molecule has 1 saturated carbocycles. The van der Waals surface area contributed by atoms with Crippen molar-refractivity contribution in [1.29, 1.82) is 0 Å². The maximum atomic E-state index is 12.3. The van der Waals surface area contributed by atoms with Gasteiger partial charge >= 0.3 is 5.97 Å². The molecule has 6 nitrogen and oxygen atoms in total. The number of rotatable bonds is 6. The second-order valence-electron chi connectivity index (χ2n) is 5.82. The molecule has 1 aliphatic carbocycles. The van der Waals surface area contributed by atoms with Crippen LogP contribution in [0.4, 0.5) is 0 Å². The molecule has 0 aromatic rings. The predicted molar refractivity (Wildman–Crippen MR) is 78.3 cm³/mol. The van der Waals surface area contributed by atoms with Gasteiger partial charge < -0.3 is 9.47 Å². The first-order chi connectivity index (χ1) is 10.0. The minimum absolute atomic E-state index is 0.154. The number of hydrogen-bond acceptors (Lipinski definition) is 5. The summed E-state index contributed by atoms with van der Waals surface area (Å²) in [5.41, 5.74) is 0. The minimum Gasteiger partial charge on any atom is -0.469 e. The summed E-state index contributed by atoms with van der Waals surface area (Å²) >= 11 is 0. The summed E-state index contributed by atoms with van der Waals surface area (Å²) in [4.78, 5) is 11.7. The molecule has 2 aliphatic rings. The van der Waals surface area contributed by atoms with Crippen molar-refractivity contribution in [2.45, 2.75) is 56.3 Å². The lowest BCUT2D eigenvalue weighted by atomic mass is 10.1. The van der Waals surface area contributed by atoms with Gasteiger partial charge in [0.25, 0.3) is 0 Å². The fourth-order valence-electron chi connectivity index (χ4n) is 3.22. The van der Waals surface area contributed by atoms with E-state index in [1.54, 1.807) is 0 Å². The number of sulfonamides is 1. The first kappa shape index (κ1) is 16.7. The average Bonchev–Trinajstić information content (AvgIpc) is 2.98. The second kappa shape index (κ2) is 7.56. The van der Waals surface area contributed by atoms with Crippen molar-refractivity contribution in [2.24, 2.45) is 5.92 Å². The molecular weight excluding hydrogens is 294 g/mol. The number of ether oxygens (including phenoxy) is 2. The Morgan fingerprint density at radius 3 is 2.71 bits per heavy atom. The molecule has 0 spiro atoms. The van der Waals surface area contributed by atoms with Crippen LogP contribution >= 0.6 is 0 Å². The molecule has 1 saturated heterocycles. The van der Waals surface area contributed by atoms with Gasteiger partial charge in [-0.1, -0.05) is 6.42 Å². The Kier molecular flexibility index (Phi) is 6.01. The van der Waals surface area contributed by atoms with Gasteiger partial charge in [-0.15, -0.1) is 0 Å². The molecule has 2 rings (SSSR count). The summed E-state index contributed by atoms with van der Waals surface area (Å²) in [6, 6.07) is 0. The van der Waals surface area contributed by atoms with Crippen LogP contribution in [0.2, 0.25) is 0 Å². The molecule has 0 amide bonds. The van der Waals surface area contributed by atoms with Crippen LogP contribution in [-0.4, -0.2) is 46.0 Å². The van der Waals surface area contributed by atoms with Crippen LogP contribution in [0.5, 0.6) is 0 Å². The van der Waals surface area contributed by atoms with E-state index >= 15 is 0 Å². The van der Waals surface area contributed by atoms with Gasteiger partial charge in [-0.2, -0.15) is 0 Å². The maximum Gasteiger partial charge on any atom is 0.310 e. The lowest BCUT2D eigenvalue weighted by Gasteiger charge is -2.23. The molecule has 0 aromatic carbocycles. The molecule has 3 atom stereocenters. The Balaban J connectivity index is 1.84. The molecule has 2 fully saturated rings. The highest BCUT2D eigenvalue weighted by Crippen LogP contribution is 2.31. The zero-order valence-electron chi connectivity index (χ0n) is 12.5. The fraction of sp³-hybridized carbons (Fsp3) is 0.929. The minimum atomic E-state index is -3.47. The molecule has 1 heterocycles. The van der Waals surface area contributed by atoms with Crippen molar-refractivity contribution in [3.8, 4) is 0 Å². The molecule has 21 heavy (non-hydrogen) atoms. The lowest BCUT2D eigenvalue weighted by molar-refractivity contribution is -0.145. The highest BCUT2D eigenvalue weighted by atomic mass is 32.2. The molecule has 7 heteroatoms. The number of carbonyl (C=O) groups excluding carboxylic acids is 1. The monoisotopic (exact) mass is 319 g/mol. The molecule has 1 aliphatic heterocycles. The van der Waals surface area contributed by atoms with Crippen LogP contribution in [-0.2, 0) is 24.3 Å². The summed E-state index contributed by atoms with van der Waals surface area (Å²) in [7, 11) is -2.17. The number of carbonyl (C=O) groups is 1. The number of methoxy groups -OCH3 is 1. The van der Waals surface area contributed by atoms with Crippen molar-refractivity contribution in [3.63, 3.8) is 0 Å². The highest BCUT2D eigenvalue weighted by Gasteiger charge is 2.42. The Bertz CT molecular complexity index is 444. The van der Waals surface area contributed by atoms with Crippen molar-refractivity contribution in [1.82, 2.24) is 4.72 Å². The Morgan fingerprint density at radius 1 is 1.24 bits per heavy atom. The van der Waals surface area contributed by atoms with E-state index < -0.39 is 27.2 Å². The van der Waals surface area contributed by atoms with Gasteiger partial charge in [0.1, 0.15) is 0 Å². The third kappa shape index (κ3) is 4.40. The van der Waals surface area contributed by atoms with Gasteiger partial charge in [-0.3, -0.25) is 4.79 Å². The van der Waals surface area contributed by atoms with Gasteiger partial charge in [-0.05, 0) is 38.5 Å². The zero-order chi connectivity index (χ0) is 15.3. The van der Waals surface area contributed by atoms with E-state index in [9.17, 15) is 13.2 Å². The van der Waals surface area contributed by atoms with E-state index in [1.165, 1.54) is 7.11 Å². The maximum absolute atomic E-state index is 12.3. The van der Waals surface area contributed by atoms with Crippen molar-refractivity contribution >= 4 is 16.0 Å². The van der Waals surface area contributed by atoms with Gasteiger partial charge in [-0.25, -0.2) is 13.1 Å². The fourth-order valence-corrected chi connectivity index (χ4v) is 5.00. The number of hydrogen-bond donors (Lipinski definition) is 1. The van der Waals surface area contributed by atoms with E-state index in [0.717, 1.165) is 32.3 Å². The third-order valence-corrected chi connectivity index (χ3v) is 6.37. The van der Waals surface area contributed by atoms with Crippen LogP contribution in [0.15, 0.2) is 0 Å². The summed E-state index contributed by atoms with van der Waals surface area (Å²) in [5, 5.41) is -0.655. The zero-order valence-corrected chi connectivity index (χ0v) is 13.4. The molecule has 122 valence electrons. The third-order valence-electron chi connectivity index (χ3n) is 4.40. The topological polar surface area (TPSA) is 81.7 Å². The van der Waals surface area contributed by atoms with Gasteiger partial charge in [0, 0.05) is 13.2 Å². The van der Waals surface area contributed by atoms with Crippen LogP contribution < -0.4 is 4.72 Å². The van der Waals surface area contributed by atoms with Crippen LogP contribution in [0.3, 0.4) is 0 Å². The predicted octanol–water partition coefficient (Wildman–Crippen LogP) is 1.21. The Labute approximate surface area is 126 Å². The number of nitrogens with one attached hydrogen (secondary N) is 1. The SMILES string of the molecule is COC(=O)C1CCCC1S(=O)(=O)NCCC1CCCCO1. The largest absolute Gasteiger partial charge is 0.469 e. The molecule has 0 radical (unpaired) electrons. The van der Waals surface area contributed by atoms with E-state index in [0.29, 0.717) is 25.8 Å². The molecule has 3 unspecified atom stereocenters. The standard InChI is InChI=1S/C14H25NO5S/c1-19-14(16)12-6-4-7-13(12)21(17,18)15-9-8-11-5-2-3-10-20-11/h11-13,15H,2-10H2,1H3. The van der Waals surface area contributed by atoms with Crippen molar-refractivity contribution in [2.75, 3.05) is 20.3 Å². The van der Waals surface area contributed by atoms with Crippen molar-refractivity contribution < 1.29 is 22.7 Å². The smallest absolute Gasteiger partial charge is 0.310 e. The van der Waals surface area contributed by atoms with E-state index in [4.69, 9.17) is 9.47 Å². The average molecular weight is 319 g/mol. The summed E-state index contributed by atoms with van der Waals surface area (Å²) in [5.74, 6) is -0.947. The molecule has 1 N–H and O–H groups in total. The van der Waals surface area contributed by atoms with E-state index in [-0.39, 0.29) is 6.10 Å². The Hall–Kier alpha value is -0.660.